The van der Waals surface area contributed by atoms with Gasteiger partial charge in [0.05, 0.1) is 12.5 Å². The molecule has 3 aromatic rings. The molecule has 1 aromatic heterocycles. The highest BCUT2D eigenvalue weighted by atomic mass is 19.4. The Kier molecular flexibility index (Phi) is 9.01. The molecule has 2 amide bonds. The lowest BCUT2D eigenvalue weighted by Gasteiger charge is -2.30. The molecular weight excluding hydrogens is 533 g/mol. The minimum Gasteiger partial charge on any atom is -0.406 e. The van der Waals surface area contributed by atoms with Crippen LogP contribution in [-0.4, -0.2) is 52.6 Å². The molecule has 2 heterocycles. The van der Waals surface area contributed by atoms with E-state index in [0.717, 1.165) is 22.3 Å². The number of carbonyl (C=O) groups excluding carboxylic acids is 2. The molecule has 1 N–H and O–H groups in total. The highest BCUT2D eigenvalue weighted by molar-refractivity contribution is 5.90. The fourth-order valence-corrected chi connectivity index (χ4v) is 4.97. The van der Waals surface area contributed by atoms with E-state index in [9.17, 15) is 22.8 Å². The zero-order chi connectivity index (χ0) is 29.8. The maximum atomic E-state index is 13.7. The summed E-state index contributed by atoms with van der Waals surface area (Å²) in [7, 11) is 1.84. The van der Waals surface area contributed by atoms with Gasteiger partial charge < -0.3 is 15.0 Å². The molecule has 0 aliphatic carbocycles. The molecule has 41 heavy (non-hydrogen) atoms. The Labute approximate surface area is 238 Å². The van der Waals surface area contributed by atoms with Crippen molar-refractivity contribution < 1.29 is 27.5 Å². The average Bonchev–Trinajstić information content (AvgIpc) is 3.15. The van der Waals surface area contributed by atoms with Crippen molar-refractivity contribution in [2.75, 3.05) is 13.6 Å². The SMILES string of the molecule is CN1[C@@H](CC(=O)NCc2cccnc2)C(=O)N(CCc2ccc(OC(F)(F)F)cc2)[C@@H]1c1ccc(C(C)(C)C)cc1. The van der Waals surface area contributed by atoms with E-state index in [2.05, 4.69) is 47.9 Å². The highest BCUT2D eigenvalue weighted by Gasteiger charge is 2.45. The van der Waals surface area contributed by atoms with Gasteiger partial charge in [0.1, 0.15) is 11.9 Å². The van der Waals surface area contributed by atoms with Crippen molar-refractivity contribution in [3.05, 3.63) is 95.3 Å². The molecule has 0 radical (unpaired) electrons. The normalized spacial score (nSPS) is 18.0. The van der Waals surface area contributed by atoms with Crippen LogP contribution in [0.5, 0.6) is 5.75 Å². The van der Waals surface area contributed by atoms with Gasteiger partial charge in [0, 0.05) is 25.5 Å². The number of hydrogen-bond donors (Lipinski definition) is 1. The number of ether oxygens (including phenoxy) is 1. The number of amides is 2. The standard InChI is InChI=1S/C31H35F3N4O3/c1-30(2,3)24-11-9-23(10-12-24)28-37(4)26(18-27(39)36-20-22-6-5-16-35-19-22)29(40)38(28)17-15-21-7-13-25(14-8-21)41-31(32,33)34/h5-14,16,19,26,28H,15,17-18,20H2,1-4H3,(H,36,39)/t26-,28+/m0/s1. The fourth-order valence-electron chi connectivity index (χ4n) is 4.97. The molecule has 4 rings (SSSR count). The third-order valence-electron chi connectivity index (χ3n) is 7.21. The van der Waals surface area contributed by atoms with Crippen molar-refractivity contribution in [3.8, 4) is 5.75 Å². The van der Waals surface area contributed by atoms with E-state index in [0.29, 0.717) is 19.5 Å². The van der Waals surface area contributed by atoms with Crippen LogP contribution in [0.4, 0.5) is 13.2 Å². The topological polar surface area (TPSA) is 74.8 Å². The molecule has 1 aliphatic heterocycles. The summed E-state index contributed by atoms with van der Waals surface area (Å²) in [6.45, 7) is 7.02. The summed E-state index contributed by atoms with van der Waals surface area (Å²) in [4.78, 5) is 34.3. The molecule has 2 atom stereocenters. The van der Waals surface area contributed by atoms with Gasteiger partial charge in [-0.15, -0.1) is 13.2 Å². The second-order valence-corrected chi connectivity index (χ2v) is 11.2. The quantitative estimate of drug-likeness (QED) is 0.376. The van der Waals surface area contributed by atoms with Crippen molar-refractivity contribution in [1.82, 2.24) is 20.1 Å². The highest BCUT2D eigenvalue weighted by Crippen LogP contribution is 2.36. The number of carbonyl (C=O) groups is 2. The van der Waals surface area contributed by atoms with E-state index >= 15 is 0 Å². The van der Waals surface area contributed by atoms with Crippen LogP contribution in [-0.2, 0) is 28.0 Å². The lowest BCUT2D eigenvalue weighted by molar-refractivity contribution is -0.274. The van der Waals surface area contributed by atoms with Gasteiger partial charge in [-0.2, -0.15) is 0 Å². The van der Waals surface area contributed by atoms with Crippen LogP contribution < -0.4 is 10.1 Å². The number of nitrogens with zero attached hydrogens (tertiary/aromatic N) is 3. The molecular formula is C31H35F3N4O3. The smallest absolute Gasteiger partial charge is 0.406 e. The van der Waals surface area contributed by atoms with E-state index in [4.69, 9.17) is 0 Å². The van der Waals surface area contributed by atoms with Gasteiger partial charge in [-0.05, 0) is 59.3 Å². The average molecular weight is 569 g/mol. The molecule has 2 aromatic carbocycles. The van der Waals surface area contributed by atoms with Crippen molar-refractivity contribution >= 4 is 11.8 Å². The molecule has 10 heteroatoms. The molecule has 0 unspecified atom stereocenters. The second-order valence-electron chi connectivity index (χ2n) is 11.2. The van der Waals surface area contributed by atoms with Gasteiger partial charge in [-0.3, -0.25) is 19.5 Å². The minimum absolute atomic E-state index is 0.00779. The van der Waals surface area contributed by atoms with Gasteiger partial charge in [0.2, 0.25) is 11.8 Å². The van der Waals surface area contributed by atoms with E-state index in [1.165, 1.54) is 12.1 Å². The Morgan fingerprint density at radius 2 is 1.68 bits per heavy atom. The largest absolute Gasteiger partial charge is 0.573 e. The van der Waals surface area contributed by atoms with Gasteiger partial charge in [0.15, 0.2) is 0 Å². The first-order chi connectivity index (χ1) is 19.3. The van der Waals surface area contributed by atoms with E-state index in [1.54, 1.807) is 35.5 Å². The Morgan fingerprint density at radius 3 is 2.27 bits per heavy atom. The van der Waals surface area contributed by atoms with Crippen LogP contribution in [0.2, 0.25) is 0 Å². The van der Waals surface area contributed by atoms with Gasteiger partial charge in [-0.25, -0.2) is 0 Å². The monoisotopic (exact) mass is 568 g/mol. The number of aromatic nitrogens is 1. The van der Waals surface area contributed by atoms with Crippen molar-refractivity contribution in [2.24, 2.45) is 0 Å². The number of pyridine rings is 1. The van der Waals surface area contributed by atoms with Crippen LogP contribution in [0.3, 0.4) is 0 Å². The maximum absolute atomic E-state index is 13.7. The molecule has 218 valence electrons. The summed E-state index contributed by atoms with van der Waals surface area (Å²) in [5.41, 5.74) is 3.66. The molecule has 1 aliphatic rings. The van der Waals surface area contributed by atoms with Crippen LogP contribution >= 0.6 is 0 Å². The Morgan fingerprint density at radius 1 is 1.00 bits per heavy atom. The summed E-state index contributed by atoms with van der Waals surface area (Å²) < 4.78 is 41.5. The van der Waals surface area contributed by atoms with Crippen LogP contribution in [0.15, 0.2) is 73.1 Å². The molecule has 1 fully saturated rings. The molecule has 7 nitrogen and oxygen atoms in total. The number of rotatable bonds is 9. The Hall–Kier alpha value is -3.92. The number of nitrogens with one attached hydrogen (secondary N) is 1. The lowest BCUT2D eigenvalue weighted by atomic mass is 9.86. The predicted molar refractivity (Wildman–Crippen MR) is 149 cm³/mol. The Bertz CT molecular complexity index is 1320. The zero-order valence-electron chi connectivity index (χ0n) is 23.6. The van der Waals surface area contributed by atoms with Gasteiger partial charge in [0.25, 0.3) is 0 Å². The summed E-state index contributed by atoms with van der Waals surface area (Å²) in [6.07, 6.45) is -1.42. The Balaban J connectivity index is 1.51. The first-order valence-corrected chi connectivity index (χ1v) is 13.4. The maximum Gasteiger partial charge on any atom is 0.573 e. The zero-order valence-corrected chi connectivity index (χ0v) is 23.6. The van der Waals surface area contributed by atoms with Crippen molar-refractivity contribution in [1.29, 1.82) is 0 Å². The van der Waals surface area contributed by atoms with Crippen LogP contribution in [0.1, 0.15) is 55.6 Å². The molecule has 0 spiro atoms. The summed E-state index contributed by atoms with van der Waals surface area (Å²) in [5.74, 6) is -0.721. The van der Waals surface area contributed by atoms with Crippen LogP contribution in [0, 0.1) is 0 Å². The lowest BCUT2D eigenvalue weighted by Crippen LogP contribution is -2.37. The second kappa shape index (κ2) is 12.3. The molecule has 0 saturated carbocycles. The predicted octanol–water partition coefficient (Wildman–Crippen LogP) is 5.37. The summed E-state index contributed by atoms with van der Waals surface area (Å²) >= 11 is 0. The van der Waals surface area contributed by atoms with Gasteiger partial charge in [-0.1, -0.05) is 63.2 Å². The number of alkyl halides is 3. The minimum atomic E-state index is -4.76. The van der Waals surface area contributed by atoms with Crippen molar-refractivity contribution in [2.45, 2.75) is 64.1 Å². The third-order valence-corrected chi connectivity index (χ3v) is 7.21. The van der Waals surface area contributed by atoms with E-state index < -0.39 is 18.6 Å². The number of hydrogen-bond acceptors (Lipinski definition) is 5. The number of halogens is 3. The fraction of sp³-hybridized carbons (Fsp3) is 0.387. The third kappa shape index (κ3) is 7.85. The van der Waals surface area contributed by atoms with E-state index in [-0.39, 0.29) is 29.4 Å². The molecule has 1 saturated heterocycles. The summed E-state index contributed by atoms with van der Waals surface area (Å²) in [5, 5.41) is 2.87. The number of benzene rings is 2. The van der Waals surface area contributed by atoms with Crippen LogP contribution in [0.25, 0.3) is 0 Å². The van der Waals surface area contributed by atoms with E-state index in [1.807, 2.05) is 30.1 Å². The number of likely N-dealkylation sites (N-methyl/N-ethyl adjacent to an activating group) is 1. The summed E-state index contributed by atoms with van der Waals surface area (Å²) in [6, 6.07) is 16.8. The first-order valence-electron chi connectivity index (χ1n) is 13.4. The first kappa shape index (κ1) is 30.0. The van der Waals surface area contributed by atoms with Gasteiger partial charge >= 0.3 is 6.36 Å². The molecule has 0 bridgehead atoms. The van der Waals surface area contributed by atoms with Crippen molar-refractivity contribution in [3.63, 3.8) is 0 Å².